The second kappa shape index (κ2) is 11.0. The molecule has 2 aromatic heterocycles. The van der Waals surface area contributed by atoms with Crippen LogP contribution in [0.4, 0.5) is 0 Å². The molecular weight excluding hydrogens is 508 g/mol. The van der Waals surface area contributed by atoms with Crippen LogP contribution in [-0.2, 0) is 24.3 Å². The lowest BCUT2D eigenvalue weighted by atomic mass is 9.83. The summed E-state index contributed by atoms with van der Waals surface area (Å²) in [5.74, 6) is -0.994. The van der Waals surface area contributed by atoms with E-state index < -0.39 is 5.97 Å². The molecule has 1 unspecified atom stereocenters. The van der Waals surface area contributed by atoms with Crippen molar-refractivity contribution in [3.05, 3.63) is 76.2 Å². The van der Waals surface area contributed by atoms with E-state index in [0.29, 0.717) is 32.0 Å². The summed E-state index contributed by atoms with van der Waals surface area (Å²) < 4.78 is 7.68. The first-order chi connectivity index (χ1) is 19.5. The van der Waals surface area contributed by atoms with Crippen molar-refractivity contribution in [3.63, 3.8) is 0 Å². The number of rotatable bonds is 2. The van der Waals surface area contributed by atoms with E-state index in [1.165, 1.54) is 12.4 Å². The summed E-state index contributed by atoms with van der Waals surface area (Å²) in [4.78, 5) is 35.7. The van der Waals surface area contributed by atoms with Crippen molar-refractivity contribution in [1.29, 1.82) is 0 Å². The number of carbonyl (C=O) groups excluding carboxylic acids is 1. The average Bonchev–Trinajstić information content (AvgIpc) is 3.38. The van der Waals surface area contributed by atoms with Crippen LogP contribution < -0.4 is 4.74 Å². The zero-order chi connectivity index (χ0) is 27.6. The number of aliphatic carboxylic acids is 1. The molecule has 10 heteroatoms. The maximum absolute atomic E-state index is 13.3. The second-order valence-corrected chi connectivity index (χ2v) is 10.6. The molecule has 2 aromatic carbocycles. The van der Waals surface area contributed by atoms with Crippen LogP contribution in [0.3, 0.4) is 0 Å². The van der Waals surface area contributed by atoms with Crippen molar-refractivity contribution < 1.29 is 19.4 Å². The first-order valence-corrected chi connectivity index (χ1v) is 13.9. The number of carboxylic acids is 1. The molecule has 1 atom stereocenters. The zero-order valence-corrected chi connectivity index (χ0v) is 22.5. The molecule has 0 spiro atoms. The van der Waals surface area contributed by atoms with Crippen LogP contribution in [0.25, 0.3) is 11.0 Å². The molecule has 206 valence electrons. The lowest BCUT2D eigenvalue weighted by Gasteiger charge is -2.30. The summed E-state index contributed by atoms with van der Waals surface area (Å²) in [7, 11) is 0. The first-order valence-electron chi connectivity index (χ1n) is 13.9. The van der Waals surface area contributed by atoms with Crippen molar-refractivity contribution >= 4 is 22.9 Å². The molecule has 40 heavy (non-hydrogen) atoms. The summed E-state index contributed by atoms with van der Waals surface area (Å²) in [6.45, 7) is 4.30. The minimum atomic E-state index is -0.869. The number of benzene rings is 2. The maximum Gasteiger partial charge on any atom is 0.304 e. The summed E-state index contributed by atoms with van der Waals surface area (Å²) in [6, 6.07) is 10.2. The minimum absolute atomic E-state index is 0.0497. The van der Waals surface area contributed by atoms with Crippen LogP contribution >= 0.6 is 0 Å². The molecule has 7 heterocycles. The molecular formula is C30H32N6O4. The number of aryl methyl sites for hydroxylation is 2. The van der Waals surface area contributed by atoms with Crippen LogP contribution in [0.2, 0.25) is 0 Å². The number of amides is 1. The van der Waals surface area contributed by atoms with Gasteiger partial charge in [-0.1, -0.05) is 35.9 Å². The Hall–Kier alpha value is -4.34. The highest BCUT2D eigenvalue weighted by atomic mass is 16.5. The molecule has 10 nitrogen and oxygen atoms in total. The normalized spacial score (nSPS) is 18.0. The molecule has 9 rings (SSSR count). The highest BCUT2D eigenvalue weighted by Crippen LogP contribution is 2.35. The van der Waals surface area contributed by atoms with E-state index in [1.807, 2.05) is 29.8 Å². The fraction of sp³-hybridized carbons (Fsp3) is 0.400. The van der Waals surface area contributed by atoms with Gasteiger partial charge in [-0.15, -0.1) is 5.10 Å². The quantitative estimate of drug-likeness (QED) is 0.400. The molecule has 9 bridgehead atoms. The molecule has 0 saturated carbocycles. The maximum atomic E-state index is 13.3. The number of hydrogen-bond acceptors (Lipinski definition) is 7. The van der Waals surface area contributed by atoms with Crippen molar-refractivity contribution in [2.45, 2.75) is 64.5 Å². The third-order valence-electron chi connectivity index (χ3n) is 8.03. The van der Waals surface area contributed by atoms with Gasteiger partial charge >= 0.3 is 5.97 Å². The zero-order valence-electron chi connectivity index (χ0n) is 22.5. The molecule has 0 saturated heterocycles. The minimum Gasteiger partial charge on any atom is -0.481 e. The monoisotopic (exact) mass is 540 g/mol. The van der Waals surface area contributed by atoms with Gasteiger partial charge in [-0.05, 0) is 66.5 Å². The highest BCUT2D eigenvalue weighted by Gasteiger charge is 2.27. The standard InChI is InChI=1S/C30H32N6O4/c1-19-23-8-9-26-29(19)33-34-36(26)11-4-2-3-5-13-40-27-17-31-25(16-32-27)30(39)35-12-10-20-6-7-21(14-22(20)18-35)24(23)15-28(37)38/h6-9,14,16-17,24H,2-5,10-13,15,18H2,1H3,(H,37,38). The van der Waals surface area contributed by atoms with Gasteiger partial charge in [0.2, 0.25) is 5.88 Å². The van der Waals surface area contributed by atoms with E-state index in [1.54, 1.807) is 4.90 Å². The largest absolute Gasteiger partial charge is 0.481 e. The predicted molar refractivity (Wildman–Crippen MR) is 147 cm³/mol. The summed E-state index contributed by atoms with van der Waals surface area (Å²) in [6.07, 6.45) is 7.54. The van der Waals surface area contributed by atoms with E-state index in [-0.39, 0.29) is 23.9 Å². The summed E-state index contributed by atoms with van der Waals surface area (Å²) in [5.41, 5.74) is 7.01. The van der Waals surface area contributed by atoms with Gasteiger partial charge in [0.1, 0.15) is 11.2 Å². The number of carbonyl (C=O) groups is 2. The van der Waals surface area contributed by atoms with Gasteiger partial charge in [0.25, 0.3) is 5.91 Å². The molecule has 4 aromatic rings. The Morgan fingerprint density at radius 1 is 1.05 bits per heavy atom. The Balaban J connectivity index is 1.39. The van der Waals surface area contributed by atoms with Gasteiger partial charge in [0, 0.05) is 25.6 Å². The first kappa shape index (κ1) is 25.9. The van der Waals surface area contributed by atoms with Gasteiger partial charge < -0.3 is 14.7 Å². The molecule has 1 N–H and O–H groups in total. The van der Waals surface area contributed by atoms with E-state index >= 15 is 0 Å². The number of aromatic nitrogens is 5. The van der Waals surface area contributed by atoms with Gasteiger partial charge in [0.15, 0.2) is 0 Å². The number of nitrogens with zero attached hydrogens (tertiary/aromatic N) is 6. The summed E-state index contributed by atoms with van der Waals surface area (Å²) >= 11 is 0. The molecule has 0 fully saturated rings. The third-order valence-corrected chi connectivity index (χ3v) is 8.03. The van der Waals surface area contributed by atoms with Crippen LogP contribution in [0.1, 0.15) is 76.3 Å². The SMILES string of the molecule is Cc1c2ccc3c1nnn3CCCCCCOc1cnc(cn1)C(=O)N1CCc3ccc(cc3C1)C2CC(=O)O. The third kappa shape index (κ3) is 5.13. The van der Waals surface area contributed by atoms with Crippen LogP contribution in [0, 0.1) is 6.92 Å². The number of carboxylic acid groups (broad SMARTS) is 1. The summed E-state index contributed by atoms with van der Waals surface area (Å²) in [5, 5.41) is 18.7. The van der Waals surface area contributed by atoms with Crippen molar-refractivity contribution in [2.24, 2.45) is 0 Å². The lowest BCUT2D eigenvalue weighted by Crippen LogP contribution is -2.36. The smallest absolute Gasteiger partial charge is 0.304 e. The Morgan fingerprint density at radius 2 is 1.93 bits per heavy atom. The average molecular weight is 541 g/mol. The fourth-order valence-corrected chi connectivity index (χ4v) is 5.83. The topological polar surface area (TPSA) is 123 Å². The molecule has 0 radical (unpaired) electrons. The Kier molecular flexibility index (Phi) is 7.15. The van der Waals surface area contributed by atoms with Gasteiger partial charge in [-0.25, -0.2) is 14.6 Å². The molecule has 5 aliphatic heterocycles. The predicted octanol–water partition coefficient (Wildman–Crippen LogP) is 4.29. The van der Waals surface area contributed by atoms with Crippen LogP contribution in [0.15, 0.2) is 42.7 Å². The van der Waals surface area contributed by atoms with Gasteiger partial charge in [-0.3, -0.25) is 9.59 Å². The lowest BCUT2D eigenvalue weighted by molar-refractivity contribution is -0.137. The van der Waals surface area contributed by atoms with Gasteiger partial charge in [0.05, 0.1) is 30.9 Å². The molecule has 1 amide bonds. The molecule has 0 aliphatic carbocycles. The van der Waals surface area contributed by atoms with Crippen molar-refractivity contribution in [1.82, 2.24) is 29.9 Å². The number of hydrogen-bond donors (Lipinski definition) is 1. The Labute approximate surface area is 232 Å². The Morgan fingerprint density at radius 3 is 2.75 bits per heavy atom. The van der Waals surface area contributed by atoms with Crippen molar-refractivity contribution in [3.8, 4) is 5.88 Å². The van der Waals surface area contributed by atoms with E-state index in [2.05, 4.69) is 32.4 Å². The van der Waals surface area contributed by atoms with E-state index in [9.17, 15) is 14.7 Å². The van der Waals surface area contributed by atoms with Crippen LogP contribution in [0.5, 0.6) is 5.88 Å². The van der Waals surface area contributed by atoms with E-state index in [0.717, 1.165) is 71.1 Å². The number of ether oxygens (including phenoxy) is 1. The fourth-order valence-electron chi connectivity index (χ4n) is 5.83. The second-order valence-electron chi connectivity index (χ2n) is 10.6. The molecule has 5 aliphatic rings. The van der Waals surface area contributed by atoms with Gasteiger partial charge in [-0.2, -0.15) is 0 Å². The van der Waals surface area contributed by atoms with Crippen LogP contribution in [-0.4, -0.2) is 60.0 Å². The Bertz CT molecular complexity index is 1560. The van der Waals surface area contributed by atoms with Crippen molar-refractivity contribution in [2.75, 3.05) is 13.2 Å². The highest BCUT2D eigenvalue weighted by molar-refractivity contribution is 5.92. The van der Waals surface area contributed by atoms with E-state index in [4.69, 9.17) is 4.74 Å².